The van der Waals surface area contributed by atoms with Crippen molar-refractivity contribution in [1.29, 1.82) is 0 Å². The Morgan fingerprint density at radius 3 is 3.00 bits per heavy atom. The molecule has 0 saturated heterocycles. The highest BCUT2D eigenvalue weighted by Crippen LogP contribution is 2.13. The molecule has 1 rings (SSSR count). The quantitative estimate of drug-likeness (QED) is 0.787. The molecular weight excluding hydrogens is 198 g/mol. The number of hydrogen-bond acceptors (Lipinski definition) is 5. The molecule has 5 heteroatoms. The van der Waals surface area contributed by atoms with E-state index in [1.807, 2.05) is 0 Å². The maximum atomic E-state index is 4.96. The third kappa shape index (κ3) is 3.59. The van der Waals surface area contributed by atoms with Crippen molar-refractivity contribution in [2.45, 2.75) is 32.7 Å². The van der Waals surface area contributed by atoms with E-state index in [4.69, 9.17) is 4.74 Å². The third-order valence-electron chi connectivity index (χ3n) is 1.98. The first-order valence-corrected chi connectivity index (χ1v) is 5.61. The molecule has 1 atom stereocenters. The average molecular weight is 215 g/mol. The van der Waals surface area contributed by atoms with Gasteiger partial charge in [-0.3, -0.25) is 0 Å². The van der Waals surface area contributed by atoms with Crippen molar-refractivity contribution >= 4 is 16.7 Å². The molecule has 1 unspecified atom stereocenters. The fourth-order valence-corrected chi connectivity index (χ4v) is 1.64. The number of rotatable bonds is 6. The van der Waals surface area contributed by atoms with E-state index in [9.17, 15) is 0 Å². The Labute approximate surface area is 88.9 Å². The second-order valence-corrected chi connectivity index (χ2v) is 3.96. The van der Waals surface area contributed by atoms with Crippen molar-refractivity contribution in [3.63, 3.8) is 0 Å². The van der Waals surface area contributed by atoms with E-state index in [-0.39, 0.29) is 0 Å². The number of methoxy groups -OCH3 is 1. The minimum absolute atomic E-state index is 0.457. The van der Waals surface area contributed by atoms with Crippen LogP contribution in [0.2, 0.25) is 0 Å². The molecule has 1 heterocycles. The van der Waals surface area contributed by atoms with Gasteiger partial charge in [0.15, 0.2) is 0 Å². The highest BCUT2D eigenvalue weighted by atomic mass is 32.1. The van der Waals surface area contributed by atoms with E-state index >= 15 is 0 Å². The Bertz CT molecular complexity index is 264. The van der Waals surface area contributed by atoms with E-state index < -0.39 is 0 Å². The number of ether oxygens (including phenoxy) is 1. The van der Waals surface area contributed by atoms with Crippen molar-refractivity contribution in [2.24, 2.45) is 0 Å². The fraction of sp³-hybridized carbons (Fsp3) is 0.778. The standard InChI is InChI=1S/C9H17N3OS/c1-4-7(2)10-9-11-8(12-14-9)5-6-13-3/h7H,4-6H2,1-3H3,(H,10,11,12). The van der Waals surface area contributed by atoms with Gasteiger partial charge in [-0.15, -0.1) is 0 Å². The predicted octanol–water partition coefficient (Wildman–Crippen LogP) is 1.94. The highest BCUT2D eigenvalue weighted by Gasteiger charge is 2.05. The van der Waals surface area contributed by atoms with Crippen molar-refractivity contribution < 1.29 is 4.74 Å². The van der Waals surface area contributed by atoms with Crippen LogP contribution in [0.4, 0.5) is 5.13 Å². The van der Waals surface area contributed by atoms with Gasteiger partial charge in [0, 0.05) is 31.1 Å². The van der Waals surface area contributed by atoms with Gasteiger partial charge in [0.25, 0.3) is 0 Å². The van der Waals surface area contributed by atoms with Gasteiger partial charge in [-0.1, -0.05) is 6.92 Å². The van der Waals surface area contributed by atoms with Crippen LogP contribution in [0.15, 0.2) is 0 Å². The molecule has 0 amide bonds. The molecule has 1 N–H and O–H groups in total. The molecule has 0 aliphatic heterocycles. The van der Waals surface area contributed by atoms with Crippen molar-refractivity contribution in [2.75, 3.05) is 19.0 Å². The normalized spacial score (nSPS) is 12.8. The van der Waals surface area contributed by atoms with E-state index in [1.54, 1.807) is 7.11 Å². The topological polar surface area (TPSA) is 47.0 Å². The zero-order valence-corrected chi connectivity index (χ0v) is 9.73. The fourth-order valence-electron chi connectivity index (χ4n) is 0.920. The molecule has 80 valence electrons. The summed E-state index contributed by atoms with van der Waals surface area (Å²) in [5.41, 5.74) is 0. The lowest BCUT2D eigenvalue weighted by molar-refractivity contribution is 0.201. The Morgan fingerprint density at radius 1 is 1.57 bits per heavy atom. The highest BCUT2D eigenvalue weighted by molar-refractivity contribution is 7.09. The molecule has 4 nitrogen and oxygen atoms in total. The second kappa shape index (κ2) is 5.93. The number of aromatic nitrogens is 2. The molecule has 0 fully saturated rings. The largest absolute Gasteiger partial charge is 0.384 e. The van der Waals surface area contributed by atoms with Gasteiger partial charge in [-0.25, -0.2) is 4.98 Å². The lowest BCUT2D eigenvalue weighted by atomic mass is 10.3. The Hall–Kier alpha value is -0.680. The molecule has 0 radical (unpaired) electrons. The molecule has 1 aromatic rings. The number of nitrogens with one attached hydrogen (secondary N) is 1. The summed E-state index contributed by atoms with van der Waals surface area (Å²) in [5.74, 6) is 0.864. The summed E-state index contributed by atoms with van der Waals surface area (Å²) < 4.78 is 9.19. The summed E-state index contributed by atoms with van der Waals surface area (Å²) >= 11 is 1.42. The van der Waals surface area contributed by atoms with Crippen molar-refractivity contribution in [1.82, 2.24) is 9.36 Å². The maximum Gasteiger partial charge on any atom is 0.202 e. The summed E-state index contributed by atoms with van der Waals surface area (Å²) in [4.78, 5) is 4.35. The monoisotopic (exact) mass is 215 g/mol. The smallest absolute Gasteiger partial charge is 0.202 e. The third-order valence-corrected chi connectivity index (χ3v) is 2.66. The van der Waals surface area contributed by atoms with Crippen molar-refractivity contribution in [3.05, 3.63) is 5.82 Å². The minimum atomic E-state index is 0.457. The molecule has 0 aliphatic carbocycles. The van der Waals surface area contributed by atoms with E-state index in [0.29, 0.717) is 12.6 Å². The molecule has 14 heavy (non-hydrogen) atoms. The first kappa shape index (κ1) is 11.4. The average Bonchev–Trinajstić information content (AvgIpc) is 2.62. The molecule has 0 aromatic carbocycles. The molecule has 0 bridgehead atoms. The lowest BCUT2D eigenvalue weighted by Crippen LogP contribution is -2.13. The van der Waals surface area contributed by atoms with Crippen LogP contribution in [-0.4, -0.2) is 29.1 Å². The van der Waals surface area contributed by atoms with E-state index in [2.05, 4.69) is 28.5 Å². The van der Waals surface area contributed by atoms with Gasteiger partial charge in [0.05, 0.1) is 6.61 Å². The van der Waals surface area contributed by atoms with Crippen LogP contribution in [0.25, 0.3) is 0 Å². The Kier molecular flexibility index (Phi) is 4.82. The summed E-state index contributed by atoms with van der Waals surface area (Å²) in [6.45, 7) is 4.96. The van der Waals surface area contributed by atoms with Crippen LogP contribution >= 0.6 is 11.5 Å². The summed E-state index contributed by atoms with van der Waals surface area (Å²) in [5, 5.41) is 4.20. The van der Waals surface area contributed by atoms with Gasteiger partial charge in [0.1, 0.15) is 5.82 Å². The maximum absolute atomic E-state index is 4.96. The minimum Gasteiger partial charge on any atom is -0.384 e. The number of nitrogens with zero attached hydrogens (tertiary/aromatic N) is 2. The SMILES string of the molecule is CCC(C)Nc1nc(CCOC)ns1. The molecule has 1 aromatic heterocycles. The first-order valence-electron chi connectivity index (χ1n) is 4.84. The Morgan fingerprint density at radius 2 is 2.36 bits per heavy atom. The van der Waals surface area contributed by atoms with Crippen LogP contribution in [0.1, 0.15) is 26.1 Å². The predicted molar refractivity (Wildman–Crippen MR) is 58.9 cm³/mol. The lowest BCUT2D eigenvalue weighted by Gasteiger charge is -2.07. The number of hydrogen-bond donors (Lipinski definition) is 1. The van der Waals surface area contributed by atoms with Crippen LogP contribution in [-0.2, 0) is 11.2 Å². The van der Waals surface area contributed by atoms with Crippen LogP contribution < -0.4 is 5.32 Å². The van der Waals surface area contributed by atoms with Gasteiger partial charge in [-0.2, -0.15) is 4.37 Å². The molecule has 0 spiro atoms. The van der Waals surface area contributed by atoms with Gasteiger partial charge in [0.2, 0.25) is 5.13 Å². The van der Waals surface area contributed by atoms with Crippen LogP contribution in [0.5, 0.6) is 0 Å². The Balaban J connectivity index is 2.42. The summed E-state index contributed by atoms with van der Waals surface area (Å²) in [7, 11) is 1.69. The van der Waals surface area contributed by atoms with E-state index in [0.717, 1.165) is 23.8 Å². The molecule has 0 aliphatic rings. The van der Waals surface area contributed by atoms with Crippen molar-refractivity contribution in [3.8, 4) is 0 Å². The van der Waals surface area contributed by atoms with Gasteiger partial charge < -0.3 is 10.1 Å². The van der Waals surface area contributed by atoms with E-state index in [1.165, 1.54) is 11.5 Å². The van der Waals surface area contributed by atoms with Gasteiger partial charge >= 0.3 is 0 Å². The number of anilines is 1. The first-order chi connectivity index (χ1) is 6.76. The zero-order chi connectivity index (χ0) is 10.4. The summed E-state index contributed by atoms with van der Waals surface area (Å²) in [6.07, 6.45) is 1.88. The van der Waals surface area contributed by atoms with Crippen LogP contribution in [0.3, 0.4) is 0 Å². The van der Waals surface area contributed by atoms with Crippen LogP contribution in [0, 0.1) is 0 Å². The van der Waals surface area contributed by atoms with Gasteiger partial charge in [-0.05, 0) is 13.3 Å². The summed E-state index contributed by atoms with van der Waals surface area (Å²) in [6, 6.07) is 0.457. The molecule has 0 saturated carbocycles. The molecular formula is C9H17N3OS. The second-order valence-electron chi connectivity index (χ2n) is 3.21. The zero-order valence-electron chi connectivity index (χ0n) is 8.91.